The first-order chi connectivity index (χ1) is 18.3. The number of aliphatic hydroxyl groups is 2. The molecule has 2 saturated heterocycles. The van der Waals surface area contributed by atoms with Gasteiger partial charge in [0.2, 0.25) is 5.91 Å². The molecule has 3 aliphatic rings. The van der Waals surface area contributed by atoms with E-state index in [1.807, 2.05) is 32.1 Å². The van der Waals surface area contributed by atoms with Crippen molar-refractivity contribution in [2.24, 2.45) is 5.92 Å². The maximum atomic E-state index is 13.3. The number of allylic oxidation sites excluding steroid dienone is 3. The second kappa shape index (κ2) is 11.1. The molecule has 0 saturated carbocycles. The topological polar surface area (TPSA) is 130 Å². The van der Waals surface area contributed by atoms with Crippen LogP contribution in [0.25, 0.3) is 0 Å². The van der Waals surface area contributed by atoms with Crippen LogP contribution in [0.15, 0.2) is 35.9 Å². The molecule has 0 spiro atoms. The van der Waals surface area contributed by atoms with Gasteiger partial charge in [0.05, 0.1) is 31.4 Å². The van der Waals surface area contributed by atoms with Crippen LogP contribution in [0.2, 0.25) is 5.02 Å². The molecule has 10 nitrogen and oxygen atoms in total. The van der Waals surface area contributed by atoms with E-state index in [0.717, 1.165) is 11.1 Å². The van der Waals surface area contributed by atoms with E-state index in [0.29, 0.717) is 17.9 Å². The van der Waals surface area contributed by atoms with Gasteiger partial charge in [-0.1, -0.05) is 42.3 Å². The molecule has 39 heavy (non-hydrogen) atoms. The second-order valence-electron chi connectivity index (χ2n) is 10.8. The van der Waals surface area contributed by atoms with Crippen molar-refractivity contribution in [2.75, 3.05) is 26.2 Å². The van der Waals surface area contributed by atoms with Crippen molar-refractivity contribution in [3.8, 4) is 5.75 Å². The summed E-state index contributed by atoms with van der Waals surface area (Å²) in [5.74, 6) is -0.323. The minimum absolute atomic E-state index is 0.0310. The molecule has 3 N–H and O–H groups in total. The largest absolute Gasteiger partial charge is 0.495 e. The van der Waals surface area contributed by atoms with E-state index in [2.05, 4.69) is 5.32 Å². The summed E-state index contributed by atoms with van der Waals surface area (Å²) in [7, 11) is 4.56. The van der Waals surface area contributed by atoms with Gasteiger partial charge < -0.3 is 34.1 Å². The van der Waals surface area contributed by atoms with Gasteiger partial charge >= 0.3 is 6.09 Å². The Kier molecular flexibility index (Phi) is 8.35. The Labute approximate surface area is 233 Å². The summed E-state index contributed by atoms with van der Waals surface area (Å²) in [6.07, 6.45) is 1.63. The minimum atomic E-state index is -1.73. The Hall–Kier alpha value is -2.63. The van der Waals surface area contributed by atoms with Crippen molar-refractivity contribution < 1.29 is 38.7 Å². The van der Waals surface area contributed by atoms with Crippen LogP contribution in [0.4, 0.5) is 10.5 Å². The van der Waals surface area contributed by atoms with Crippen LogP contribution in [0.5, 0.6) is 5.75 Å². The Morgan fingerprint density at radius 1 is 1.26 bits per heavy atom. The van der Waals surface area contributed by atoms with Gasteiger partial charge in [0.1, 0.15) is 28.6 Å². The SMILES string of the molecule is COc1cc2cc(c1Cl)N(C)C(=O)C[C@H](O)[C@@]1(C)OC1[C@H](C)[C@@H]1C[C@@](O)(NC(=O)O1)[C@H](OC)C=CC=C(C)C2. The van der Waals surface area contributed by atoms with E-state index in [-0.39, 0.29) is 23.8 Å². The van der Waals surface area contributed by atoms with E-state index in [4.69, 9.17) is 30.5 Å². The molecule has 3 aliphatic heterocycles. The number of aliphatic hydroxyl groups excluding tert-OH is 1. The number of alkyl carbamates (subject to hydrolysis) is 1. The van der Waals surface area contributed by atoms with E-state index >= 15 is 0 Å². The van der Waals surface area contributed by atoms with Crippen molar-refractivity contribution in [1.29, 1.82) is 0 Å². The van der Waals surface area contributed by atoms with Gasteiger partial charge in [-0.2, -0.15) is 0 Å². The summed E-state index contributed by atoms with van der Waals surface area (Å²) in [4.78, 5) is 27.1. The highest BCUT2D eigenvalue weighted by Crippen LogP contribution is 2.48. The lowest BCUT2D eigenvalue weighted by atomic mass is 9.84. The summed E-state index contributed by atoms with van der Waals surface area (Å²) in [5, 5.41) is 25.3. The molecule has 7 atom stereocenters. The third-order valence-corrected chi connectivity index (χ3v) is 8.36. The molecule has 1 aromatic rings. The Balaban J connectivity index is 1.74. The predicted octanol–water partition coefficient (Wildman–Crippen LogP) is 3.12. The lowest BCUT2D eigenvalue weighted by molar-refractivity contribution is -0.142. The van der Waals surface area contributed by atoms with Crippen LogP contribution in [-0.4, -0.2) is 79.2 Å². The summed E-state index contributed by atoms with van der Waals surface area (Å²) in [6.45, 7) is 5.48. The molecular formula is C28H37ClN2O8. The molecular weight excluding hydrogens is 528 g/mol. The van der Waals surface area contributed by atoms with E-state index in [1.165, 1.54) is 19.1 Å². The quantitative estimate of drug-likeness (QED) is 0.467. The normalized spacial score (nSPS) is 35.5. The lowest BCUT2D eigenvalue weighted by Crippen LogP contribution is -2.63. The zero-order chi connectivity index (χ0) is 28.7. The highest BCUT2D eigenvalue weighted by Gasteiger charge is 2.62. The van der Waals surface area contributed by atoms with Crippen LogP contribution >= 0.6 is 11.6 Å². The van der Waals surface area contributed by atoms with Crippen LogP contribution in [-0.2, 0) is 25.4 Å². The molecule has 11 heteroatoms. The highest BCUT2D eigenvalue weighted by atomic mass is 35.5. The molecule has 2 fully saturated rings. The number of ether oxygens (including phenoxy) is 4. The van der Waals surface area contributed by atoms with E-state index < -0.39 is 47.8 Å². The highest BCUT2D eigenvalue weighted by molar-refractivity contribution is 6.35. The molecule has 1 unspecified atom stereocenters. The van der Waals surface area contributed by atoms with Crippen molar-refractivity contribution >= 4 is 29.3 Å². The van der Waals surface area contributed by atoms with Crippen molar-refractivity contribution in [1.82, 2.24) is 5.32 Å². The first-order valence-electron chi connectivity index (χ1n) is 12.9. The molecule has 4 rings (SSSR count). The molecule has 1 aromatic carbocycles. The average molecular weight is 565 g/mol. The van der Waals surface area contributed by atoms with Gasteiger partial charge in [-0.25, -0.2) is 4.79 Å². The number of nitrogens with one attached hydrogen (secondary N) is 1. The maximum Gasteiger partial charge on any atom is 0.409 e. The van der Waals surface area contributed by atoms with Crippen LogP contribution in [0, 0.1) is 5.92 Å². The van der Waals surface area contributed by atoms with Crippen molar-refractivity contribution in [3.63, 3.8) is 0 Å². The molecule has 214 valence electrons. The number of hydrogen-bond donors (Lipinski definition) is 3. The van der Waals surface area contributed by atoms with Gasteiger partial charge in [-0.05, 0) is 38.0 Å². The van der Waals surface area contributed by atoms with Gasteiger partial charge in [-0.3, -0.25) is 10.1 Å². The second-order valence-corrected chi connectivity index (χ2v) is 11.2. The Morgan fingerprint density at radius 2 is 1.97 bits per heavy atom. The first kappa shape index (κ1) is 29.4. The zero-order valence-electron chi connectivity index (χ0n) is 23.1. The minimum Gasteiger partial charge on any atom is -0.495 e. The fourth-order valence-electron chi connectivity index (χ4n) is 5.46. The molecule has 0 radical (unpaired) electrons. The van der Waals surface area contributed by atoms with Crippen LogP contribution in [0.3, 0.4) is 0 Å². The number of rotatable bonds is 2. The Bertz CT molecular complexity index is 1190. The number of epoxide rings is 1. The number of halogens is 1. The summed E-state index contributed by atoms with van der Waals surface area (Å²) >= 11 is 6.58. The van der Waals surface area contributed by atoms with Gasteiger partial charge in [-0.15, -0.1) is 0 Å². The fourth-order valence-corrected chi connectivity index (χ4v) is 5.78. The van der Waals surface area contributed by atoms with E-state index in [9.17, 15) is 19.8 Å². The average Bonchev–Trinajstić information content (AvgIpc) is 3.58. The van der Waals surface area contributed by atoms with Gasteiger partial charge in [0, 0.05) is 26.5 Å². The number of nitrogens with zero attached hydrogens (tertiary/aromatic N) is 1. The monoisotopic (exact) mass is 564 g/mol. The fraction of sp³-hybridized carbons (Fsp3) is 0.571. The number of amides is 2. The zero-order valence-corrected chi connectivity index (χ0v) is 23.8. The third-order valence-electron chi connectivity index (χ3n) is 7.98. The molecule has 0 aliphatic carbocycles. The van der Waals surface area contributed by atoms with Gasteiger partial charge in [0.25, 0.3) is 0 Å². The first-order valence-corrected chi connectivity index (χ1v) is 13.3. The standard InChI is InChI=1S/C28H37ClN2O8/c1-15-8-7-9-22(37-6)28(35)14-20(38-26(34)30-28)16(2)25-27(3,39-25)21(32)13-23(33)31(4)18-11-17(10-15)12-19(36-5)24(18)29/h7-9,11-12,16,20-22,25,32,35H,10,13-14H2,1-6H3,(H,30,34)/t16-,20+,21+,22-,25?,27-,28+/m1/s1. The van der Waals surface area contributed by atoms with Crippen molar-refractivity contribution in [3.05, 3.63) is 46.5 Å². The summed E-state index contributed by atoms with van der Waals surface area (Å²) < 4.78 is 22.4. The molecule has 4 bridgehead atoms. The third kappa shape index (κ3) is 5.81. The van der Waals surface area contributed by atoms with E-state index in [1.54, 1.807) is 26.1 Å². The summed E-state index contributed by atoms with van der Waals surface area (Å²) in [6, 6.07) is 3.63. The summed E-state index contributed by atoms with van der Waals surface area (Å²) in [5.41, 5.74) is -0.479. The number of hydrogen-bond acceptors (Lipinski definition) is 8. The van der Waals surface area contributed by atoms with Gasteiger partial charge in [0.15, 0.2) is 5.72 Å². The van der Waals surface area contributed by atoms with Crippen LogP contribution < -0.4 is 15.0 Å². The number of benzene rings is 1. The number of carbonyl (C=O) groups is 2. The maximum absolute atomic E-state index is 13.3. The smallest absolute Gasteiger partial charge is 0.409 e. The number of carbonyl (C=O) groups excluding carboxylic acids is 2. The molecule has 3 heterocycles. The Morgan fingerprint density at radius 3 is 2.64 bits per heavy atom. The lowest BCUT2D eigenvalue weighted by Gasteiger charge is -2.42. The number of fused-ring (bicyclic) bond motifs is 5. The molecule has 2 amide bonds. The number of methoxy groups -OCH3 is 2. The predicted molar refractivity (Wildman–Crippen MR) is 145 cm³/mol. The molecule has 0 aromatic heterocycles. The number of anilines is 1. The van der Waals surface area contributed by atoms with Crippen molar-refractivity contribution in [2.45, 2.75) is 75.8 Å². The van der Waals surface area contributed by atoms with Crippen LogP contribution in [0.1, 0.15) is 39.2 Å².